The van der Waals surface area contributed by atoms with E-state index in [4.69, 9.17) is 0 Å². The summed E-state index contributed by atoms with van der Waals surface area (Å²) in [4.78, 5) is 12.8. The van der Waals surface area contributed by atoms with Crippen molar-refractivity contribution in [2.75, 3.05) is 17.1 Å². The number of aryl methyl sites for hydroxylation is 3. The minimum atomic E-state index is -3.30. The Labute approximate surface area is 173 Å². The second-order valence-corrected chi connectivity index (χ2v) is 10.1. The zero-order chi connectivity index (χ0) is 20.6. The monoisotopic (exact) mass is 412 g/mol. The molecule has 1 heterocycles. The summed E-state index contributed by atoms with van der Waals surface area (Å²) in [6.07, 6.45) is 7.52. The Morgan fingerprint density at radius 2 is 1.69 bits per heavy atom. The third-order valence-corrected chi connectivity index (χ3v) is 7.22. The average molecular weight is 413 g/mol. The SMILES string of the molecule is CC(NC(=O)c1ccc2c(c1)CCCN2S(C)(=O)=O)c1ccc2c(c1)CCCC2. The van der Waals surface area contributed by atoms with Gasteiger partial charge in [-0.1, -0.05) is 18.2 Å². The van der Waals surface area contributed by atoms with E-state index < -0.39 is 10.0 Å². The van der Waals surface area contributed by atoms with Crippen LogP contribution in [0.5, 0.6) is 0 Å². The standard InChI is InChI=1S/C23H28N2O3S/c1-16(18-10-9-17-6-3-4-7-19(17)14-18)24-23(26)21-11-12-22-20(15-21)8-5-13-25(22)29(2,27)28/h9-12,14-16H,3-8,13H2,1-2H3,(H,24,26). The molecule has 2 aromatic carbocycles. The van der Waals surface area contributed by atoms with Crippen molar-refractivity contribution in [2.45, 2.75) is 51.5 Å². The molecule has 4 rings (SSSR count). The number of hydrogen-bond acceptors (Lipinski definition) is 3. The Bertz CT molecular complexity index is 1050. The van der Waals surface area contributed by atoms with E-state index in [2.05, 4.69) is 23.5 Å². The highest BCUT2D eigenvalue weighted by atomic mass is 32.2. The van der Waals surface area contributed by atoms with Gasteiger partial charge in [-0.2, -0.15) is 0 Å². The minimum absolute atomic E-state index is 0.0849. The Morgan fingerprint density at radius 1 is 0.966 bits per heavy atom. The summed E-state index contributed by atoms with van der Waals surface area (Å²) < 4.78 is 25.5. The Hall–Kier alpha value is -2.34. The molecule has 2 aromatic rings. The van der Waals surface area contributed by atoms with Gasteiger partial charge in [0.1, 0.15) is 0 Å². The van der Waals surface area contributed by atoms with Crippen LogP contribution in [0.15, 0.2) is 36.4 Å². The number of anilines is 1. The van der Waals surface area contributed by atoms with Crippen molar-refractivity contribution in [3.8, 4) is 0 Å². The highest BCUT2D eigenvalue weighted by Crippen LogP contribution is 2.30. The number of rotatable bonds is 4. The summed E-state index contributed by atoms with van der Waals surface area (Å²) in [6, 6.07) is 11.8. The summed E-state index contributed by atoms with van der Waals surface area (Å²) in [6.45, 7) is 2.50. The molecule has 0 saturated heterocycles. The van der Waals surface area contributed by atoms with Crippen LogP contribution in [0, 0.1) is 0 Å². The first-order valence-corrected chi connectivity index (χ1v) is 12.2. The molecule has 0 spiro atoms. The number of hydrogen-bond donors (Lipinski definition) is 1. The lowest BCUT2D eigenvalue weighted by Crippen LogP contribution is -2.35. The van der Waals surface area contributed by atoms with Crippen LogP contribution in [0.25, 0.3) is 0 Å². The lowest BCUT2D eigenvalue weighted by molar-refractivity contribution is 0.0939. The highest BCUT2D eigenvalue weighted by Gasteiger charge is 2.25. The lowest BCUT2D eigenvalue weighted by Gasteiger charge is -2.29. The van der Waals surface area contributed by atoms with Crippen LogP contribution in [0.3, 0.4) is 0 Å². The van der Waals surface area contributed by atoms with Crippen LogP contribution in [0.2, 0.25) is 0 Å². The normalized spacial score (nSPS) is 17.2. The van der Waals surface area contributed by atoms with Gasteiger partial charge in [0.25, 0.3) is 5.91 Å². The van der Waals surface area contributed by atoms with Gasteiger partial charge in [0.15, 0.2) is 0 Å². The summed E-state index contributed by atoms with van der Waals surface area (Å²) >= 11 is 0. The first-order valence-electron chi connectivity index (χ1n) is 10.4. The molecule has 29 heavy (non-hydrogen) atoms. The molecule has 0 saturated carbocycles. The third-order valence-electron chi connectivity index (χ3n) is 6.04. The molecule has 6 heteroatoms. The van der Waals surface area contributed by atoms with Gasteiger partial charge < -0.3 is 5.32 Å². The maximum absolute atomic E-state index is 12.8. The fourth-order valence-electron chi connectivity index (χ4n) is 4.43. The molecule has 1 amide bonds. The largest absolute Gasteiger partial charge is 0.346 e. The summed E-state index contributed by atoms with van der Waals surface area (Å²) in [5.41, 5.74) is 6.14. The predicted molar refractivity (Wildman–Crippen MR) is 116 cm³/mol. The Kier molecular flexibility index (Phi) is 5.38. The van der Waals surface area contributed by atoms with E-state index in [0.29, 0.717) is 17.8 Å². The second-order valence-electron chi connectivity index (χ2n) is 8.21. The Morgan fingerprint density at radius 3 is 2.45 bits per heavy atom. The first kappa shape index (κ1) is 20.0. The van der Waals surface area contributed by atoms with E-state index in [1.54, 1.807) is 12.1 Å². The van der Waals surface area contributed by atoms with Crippen LogP contribution in [-0.4, -0.2) is 27.1 Å². The van der Waals surface area contributed by atoms with Crippen molar-refractivity contribution < 1.29 is 13.2 Å². The fraction of sp³-hybridized carbons (Fsp3) is 0.435. The van der Waals surface area contributed by atoms with Crippen molar-refractivity contribution >= 4 is 21.6 Å². The molecule has 154 valence electrons. The van der Waals surface area contributed by atoms with Gasteiger partial charge in [-0.15, -0.1) is 0 Å². The number of sulfonamides is 1. The molecule has 0 radical (unpaired) electrons. The Balaban J connectivity index is 1.51. The number of carbonyl (C=O) groups excluding carboxylic acids is 1. The minimum Gasteiger partial charge on any atom is -0.346 e. The maximum atomic E-state index is 12.8. The second kappa shape index (κ2) is 7.82. The van der Waals surface area contributed by atoms with Crippen molar-refractivity contribution in [2.24, 2.45) is 0 Å². The molecule has 0 bridgehead atoms. The molecule has 0 aromatic heterocycles. The van der Waals surface area contributed by atoms with Crippen LogP contribution in [-0.2, 0) is 29.3 Å². The maximum Gasteiger partial charge on any atom is 0.251 e. The molecule has 1 aliphatic carbocycles. The fourth-order valence-corrected chi connectivity index (χ4v) is 5.43. The van der Waals surface area contributed by atoms with Crippen molar-refractivity contribution in [3.63, 3.8) is 0 Å². The van der Waals surface area contributed by atoms with E-state index in [-0.39, 0.29) is 11.9 Å². The lowest BCUT2D eigenvalue weighted by atomic mass is 9.89. The number of nitrogens with one attached hydrogen (secondary N) is 1. The predicted octanol–water partition coefficient (Wildman–Crippen LogP) is 3.77. The van der Waals surface area contributed by atoms with E-state index in [0.717, 1.165) is 36.8 Å². The summed E-state index contributed by atoms with van der Waals surface area (Å²) in [5.74, 6) is -0.130. The summed E-state index contributed by atoms with van der Waals surface area (Å²) in [7, 11) is -3.30. The van der Waals surface area contributed by atoms with E-state index >= 15 is 0 Å². The molecule has 2 aliphatic rings. The molecule has 1 atom stereocenters. The van der Waals surface area contributed by atoms with Crippen molar-refractivity contribution in [3.05, 3.63) is 64.2 Å². The average Bonchev–Trinajstić information content (AvgIpc) is 2.71. The molecule has 1 unspecified atom stereocenters. The van der Waals surface area contributed by atoms with Gasteiger partial charge in [0.2, 0.25) is 10.0 Å². The highest BCUT2D eigenvalue weighted by molar-refractivity contribution is 7.92. The summed E-state index contributed by atoms with van der Waals surface area (Å²) in [5, 5.41) is 3.10. The number of fused-ring (bicyclic) bond motifs is 2. The number of nitrogens with zero attached hydrogens (tertiary/aromatic N) is 1. The molecular formula is C23H28N2O3S. The molecule has 1 N–H and O–H groups in total. The number of carbonyl (C=O) groups is 1. The quantitative estimate of drug-likeness (QED) is 0.831. The third kappa shape index (κ3) is 4.17. The van der Waals surface area contributed by atoms with Crippen LogP contribution in [0.1, 0.15) is 64.8 Å². The van der Waals surface area contributed by atoms with E-state index in [1.807, 2.05) is 13.0 Å². The number of amides is 1. The zero-order valence-corrected chi connectivity index (χ0v) is 17.9. The van der Waals surface area contributed by atoms with Gasteiger partial charge in [-0.3, -0.25) is 9.10 Å². The molecular weight excluding hydrogens is 384 g/mol. The number of benzene rings is 2. The first-order chi connectivity index (χ1) is 13.8. The van der Waals surface area contributed by atoms with Crippen LogP contribution >= 0.6 is 0 Å². The van der Waals surface area contributed by atoms with E-state index in [9.17, 15) is 13.2 Å². The smallest absolute Gasteiger partial charge is 0.251 e. The molecule has 1 aliphatic heterocycles. The van der Waals surface area contributed by atoms with Crippen molar-refractivity contribution in [1.29, 1.82) is 0 Å². The molecule has 0 fully saturated rings. The van der Waals surface area contributed by atoms with Gasteiger partial charge in [0, 0.05) is 12.1 Å². The van der Waals surface area contributed by atoms with Crippen LogP contribution < -0.4 is 9.62 Å². The van der Waals surface area contributed by atoms with Gasteiger partial charge >= 0.3 is 0 Å². The zero-order valence-electron chi connectivity index (χ0n) is 17.1. The van der Waals surface area contributed by atoms with Gasteiger partial charge in [-0.25, -0.2) is 8.42 Å². The molecule has 5 nitrogen and oxygen atoms in total. The van der Waals surface area contributed by atoms with Crippen LogP contribution in [0.4, 0.5) is 5.69 Å². The van der Waals surface area contributed by atoms with E-state index in [1.165, 1.54) is 34.5 Å². The van der Waals surface area contributed by atoms with Gasteiger partial charge in [0.05, 0.1) is 18.0 Å². The van der Waals surface area contributed by atoms with Gasteiger partial charge in [-0.05, 0) is 85.9 Å². The topological polar surface area (TPSA) is 66.5 Å². The van der Waals surface area contributed by atoms with Crippen molar-refractivity contribution in [1.82, 2.24) is 5.32 Å².